The number of carboxylic acid groups (broad SMARTS) is 2. The van der Waals surface area contributed by atoms with Crippen molar-refractivity contribution >= 4 is 141 Å². The maximum Gasteiger partial charge on any atom is 2.00 e. The van der Waals surface area contributed by atoms with E-state index >= 15 is 0 Å². The van der Waals surface area contributed by atoms with Gasteiger partial charge in [-0.3, -0.25) is 29.0 Å². The standard InChI is InChI=1S/2C13H13N5O5S2.Ca/c2*1-23-17-7(5-4-25-13(14)15-5)9(19)16-8-10(20)18-6(12(21)22)2-3-24-11(8)18;/h2*2,4,8,11H,3H2,1H3,(H2,14,15)(H,16,19)(H,21,22);/q;;+2/p-2/b2*17-7-;/t2*8?,11-;/m11./s1. The average molecular weight is 805 g/mol. The van der Waals surface area contributed by atoms with E-state index in [0.29, 0.717) is 11.5 Å². The van der Waals surface area contributed by atoms with E-state index in [4.69, 9.17) is 11.5 Å². The van der Waals surface area contributed by atoms with Crippen molar-refractivity contribution in [3.05, 3.63) is 45.7 Å². The number of amides is 4. The molecule has 51 heavy (non-hydrogen) atoms. The number of hydrogen-bond donors (Lipinski definition) is 4. The van der Waals surface area contributed by atoms with E-state index in [2.05, 4.69) is 40.6 Å². The second kappa shape index (κ2) is 17.1. The number of nitrogen functional groups attached to an aromatic ring is 2. The molecule has 2 aromatic heterocycles. The summed E-state index contributed by atoms with van der Waals surface area (Å²) in [5.74, 6) is -4.47. The summed E-state index contributed by atoms with van der Waals surface area (Å²) < 4.78 is 0. The number of β-lactam (4-membered cyclic amide) rings is 2. The maximum atomic E-state index is 12.5. The number of oxime groups is 2. The first-order chi connectivity index (χ1) is 23.9. The minimum Gasteiger partial charge on any atom is -0.543 e. The largest absolute Gasteiger partial charge is 2.00 e. The number of nitrogens with one attached hydrogen (secondary N) is 2. The van der Waals surface area contributed by atoms with Gasteiger partial charge >= 0.3 is 37.7 Å². The molecule has 0 spiro atoms. The van der Waals surface area contributed by atoms with Crippen LogP contribution in [0.5, 0.6) is 0 Å². The fraction of sp³-hybridized carbons (Fsp3) is 0.308. The zero-order valence-electron chi connectivity index (χ0n) is 26.3. The summed E-state index contributed by atoms with van der Waals surface area (Å²) in [7, 11) is 2.54. The number of carboxylic acids is 2. The van der Waals surface area contributed by atoms with Gasteiger partial charge in [-0.1, -0.05) is 10.3 Å². The molecule has 0 saturated carbocycles. The topological polar surface area (TPSA) is 300 Å². The summed E-state index contributed by atoms with van der Waals surface area (Å²) in [6.45, 7) is 0. The van der Waals surface area contributed by atoms with Crippen molar-refractivity contribution < 1.29 is 48.7 Å². The van der Waals surface area contributed by atoms with Gasteiger partial charge in [0.25, 0.3) is 23.6 Å². The Kier molecular flexibility index (Phi) is 13.3. The van der Waals surface area contributed by atoms with E-state index < -0.39 is 58.4 Å². The maximum absolute atomic E-state index is 12.5. The molecule has 264 valence electrons. The Morgan fingerprint density at radius 3 is 1.45 bits per heavy atom. The fourth-order valence-electron chi connectivity index (χ4n) is 4.86. The van der Waals surface area contributed by atoms with Crippen LogP contribution in [0.1, 0.15) is 11.4 Å². The molecule has 4 amide bonds. The fourth-order valence-corrected chi connectivity index (χ4v) is 8.35. The Labute approximate surface area is 333 Å². The van der Waals surface area contributed by atoms with Gasteiger partial charge in [-0.2, -0.15) is 0 Å². The first-order valence-corrected chi connectivity index (χ1v) is 17.7. The van der Waals surface area contributed by atoms with Crippen molar-refractivity contribution in [1.29, 1.82) is 0 Å². The number of fused-ring (bicyclic) bond motifs is 2. The Morgan fingerprint density at radius 1 is 0.784 bits per heavy atom. The quantitative estimate of drug-likeness (QED) is 0.0767. The molecule has 25 heteroatoms. The molecule has 4 aliphatic heterocycles. The van der Waals surface area contributed by atoms with Crippen LogP contribution in [-0.2, 0) is 38.4 Å². The summed E-state index contributed by atoms with van der Waals surface area (Å²) in [6.07, 6.45) is 2.81. The van der Waals surface area contributed by atoms with Crippen LogP contribution in [0.3, 0.4) is 0 Å². The van der Waals surface area contributed by atoms with Gasteiger partial charge in [-0.05, 0) is 12.2 Å². The molecule has 4 atom stereocenters. The molecule has 0 aliphatic carbocycles. The SMILES string of the molecule is CO/N=C(\C(=O)NC1C(=O)N2C(C(=O)[O-])=CCS[C@H]12)c1csc(N)n1.CO/N=C(\C(=O)NC1C(=O)N2C(C(=O)[O-])=CCS[C@H]12)c1csc(N)n1.[Ca+2]. The molecule has 6 heterocycles. The van der Waals surface area contributed by atoms with Crippen molar-refractivity contribution in [3.63, 3.8) is 0 Å². The Hall–Kier alpha value is -3.94. The molecular weight excluding hydrogens is 781 g/mol. The van der Waals surface area contributed by atoms with Gasteiger partial charge in [0, 0.05) is 22.3 Å². The van der Waals surface area contributed by atoms with E-state index in [0.717, 1.165) is 32.5 Å². The van der Waals surface area contributed by atoms with E-state index in [1.807, 2.05) is 0 Å². The third kappa shape index (κ3) is 8.26. The van der Waals surface area contributed by atoms with Gasteiger partial charge in [0.1, 0.15) is 48.4 Å². The number of hydrogen-bond acceptors (Lipinski definition) is 20. The van der Waals surface area contributed by atoms with Crippen molar-refractivity contribution in [3.8, 4) is 0 Å². The van der Waals surface area contributed by atoms with Crippen LogP contribution in [-0.4, -0.2) is 153 Å². The van der Waals surface area contributed by atoms with Crippen molar-refractivity contribution in [2.24, 2.45) is 10.3 Å². The van der Waals surface area contributed by atoms with Gasteiger partial charge < -0.3 is 51.6 Å². The number of aliphatic carboxylic acids is 2. The van der Waals surface area contributed by atoms with Crippen LogP contribution >= 0.6 is 46.2 Å². The van der Waals surface area contributed by atoms with Gasteiger partial charge in [0.2, 0.25) is 0 Å². The first kappa shape index (κ1) is 39.8. The predicted octanol–water partition coefficient (Wildman–Crippen LogP) is -4.16. The van der Waals surface area contributed by atoms with E-state index in [1.54, 1.807) is 0 Å². The molecule has 6 N–H and O–H groups in total. The number of carbonyl (C=O) groups is 6. The summed E-state index contributed by atoms with van der Waals surface area (Å²) >= 11 is 4.92. The van der Waals surface area contributed by atoms with Gasteiger partial charge in [0.15, 0.2) is 21.7 Å². The average Bonchev–Trinajstić information content (AvgIpc) is 3.73. The van der Waals surface area contributed by atoms with Crippen LogP contribution in [0.2, 0.25) is 0 Å². The summed E-state index contributed by atoms with van der Waals surface area (Å²) in [6, 6.07) is -1.75. The van der Waals surface area contributed by atoms with Crippen LogP contribution in [0.4, 0.5) is 10.3 Å². The van der Waals surface area contributed by atoms with E-state index in [-0.39, 0.29) is 82.2 Å². The molecule has 4 aliphatic rings. The van der Waals surface area contributed by atoms with E-state index in [1.165, 1.54) is 60.7 Å². The molecule has 6 rings (SSSR count). The van der Waals surface area contributed by atoms with Crippen molar-refractivity contribution in [1.82, 2.24) is 30.4 Å². The number of thioether (sulfide) groups is 2. The first-order valence-electron chi connectivity index (χ1n) is 13.9. The molecule has 2 fully saturated rings. The summed E-state index contributed by atoms with van der Waals surface area (Å²) in [5, 5.41) is 37.1. The molecule has 2 unspecified atom stereocenters. The minimum absolute atomic E-state index is 0. The Balaban J connectivity index is 0.000000224. The number of rotatable bonds is 10. The number of anilines is 2. The molecule has 2 saturated heterocycles. The summed E-state index contributed by atoms with van der Waals surface area (Å²) in [5.41, 5.74) is 10.9. The van der Waals surface area contributed by atoms with Crippen LogP contribution in [0.25, 0.3) is 0 Å². The smallest absolute Gasteiger partial charge is 0.543 e. The minimum atomic E-state index is -1.43. The molecule has 20 nitrogen and oxygen atoms in total. The van der Waals surface area contributed by atoms with Crippen LogP contribution < -0.4 is 32.3 Å². The van der Waals surface area contributed by atoms with E-state index in [9.17, 15) is 39.0 Å². The Morgan fingerprint density at radius 2 is 1.16 bits per heavy atom. The molecule has 0 bridgehead atoms. The van der Waals surface area contributed by atoms with Crippen molar-refractivity contribution in [2.45, 2.75) is 22.8 Å². The number of carbonyl (C=O) groups excluding carboxylic acids is 6. The Bertz CT molecular complexity index is 1750. The number of nitrogens with zero attached hydrogens (tertiary/aromatic N) is 6. The van der Waals surface area contributed by atoms with Crippen LogP contribution in [0.15, 0.2) is 44.6 Å². The molecular formula is C26H24CaN10O10S4. The third-order valence-corrected chi connectivity index (χ3v) is 10.7. The zero-order valence-corrected chi connectivity index (χ0v) is 31.8. The molecule has 2 aromatic rings. The third-order valence-electron chi connectivity index (χ3n) is 7.01. The second-order valence-electron chi connectivity index (χ2n) is 9.91. The number of aromatic nitrogens is 2. The van der Waals surface area contributed by atoms with Gasteiger partial charge in [-0.25, -0.2) is 9.97 Å². The summed E-state index contributed by atoms with van der Waals surface area (Å²) in [4.78, 5) is 91.0. The molecule has 0 radical (unpaired) electrons. The number of thiazole rings is 2. The number of nitrogens with two attached hydrogens (primary N) is 2. The van der Waals surface area contributed by atoms with Gasteiger partial charge in [-0.15, -0.1) is 46.2 Å². The normalized spacial score (nSPS) is 22.2. The molecule has 0 aromatic carbocycles. The van der Waals surface area contributed by atoms with Gasteiger partial charge in [0.05, 0.1) is 23.3 Å². The van der Waals surface area contributed by atoms with Crippen LogP contribution in [0, 0.1) is 0 Å². The predicted molar refractivity (Wildman–Crippen MR) is 182 cm³/mol. The monoisotopic (exact) mass is 804 g/mol. The van der Waals surface area contributed by atoms with Crippen molar-refractivity contribution in [2.75, 3.05) is 37.2 Å². The second-order valence-corrected chi connectivity index (χ2v) is 14.0. The zero-order chi connectivity index (χ0) is 36.3.